The maximum Gasteiger partial charge on any atom is 0.228 e. The summed E-state index contributed by atoms with van der Waals surface area (Å²) in [5.74, 6) is -0.167. The van der Waals surface area contributed by atoms with E-state index in [4.69, 9.17) is 11.6 Å². The number of amides is 2. The molecule has 0 saturated carbocycles. The number of benzene rings is 1. The van der Waals surface area contributed by atoms with Crippen molar-refractivity contribution in [2.24, 2.45) is 0 Å². The number of thiol groups is 1. The minimum absolute atomic E-state index is 0.00289. The standard InChI is InChI=1S/C12H13ClN2O2S/c1-7(16)14-8-2-3-10(13)11(4-8)15-6-9(18)5-12(15)17/h2-4,9,18H,5-6H2,1H3,(H,14,16). The molecule has 2 amide bonds. The number of nitrogens with zero attached hydrogens (tertiary/aromatic N) is 1. The average molecular weight is 285 g/mol. The molecule has 18 heavy (non-hydrogen) atoms. The highest BCUT2D eigenvalue weighted by atomic mass is 35.5. The lowest BCUT2D eigenvalue weighted by atomic mass is 10.2. The van der Waals surface area contributed by atoms with Gasteiger partial charge in [0.05, 0.1) is 10.7 Å². The Morgan fingerprint density at radius 2 is 2.28 bits per heavy atom. The molecule has 0 aliphatic carbocycles. The van der Waals surface area contributed by atoms with Crippen molar-refractivity contribution < 1.29 is 9.59 Å². The van der Waals surface area contributed by atoms with Crippen LogP contribution in [0.2, 0.25) is 5.02 Å². The van der Waals surface area contributed by atoms with Crippen LogP contribution in [-0.2, 0) is 9.59 Å². The molecule has 1 aromatic carbocycles. The Hall–Kier alpha value is -1.20. The van der Waals surface area contributed by atoms with E-state index in [-0.39, 0.29) is 17.1 Å². The van der Waals surface area contributed by atoms with Crippen molar-refractivity contribution in [1.82, 2.24) is 0 Å². The summed E-state index contributed by atoms with van der Waals surface area (Å²) in [6.07, 6.45) is 0.407. The van der Waals surface area contributed by atoms with Crippen molar-refractivity contribution in [2.45, 2.75) is 18.6 Å². The SMILES string of the molecule is CC(=O)Nc1ccc(Cl)c(N2CC(S)CC2=O)c1. The summed E-state index contributed by atoms with van der Waals surface area (Å²) in [6, 6.07) is 5.07. The molecular formula is C12H13ClN2O2S. The molecule has 1 atom stereocenters. The lowest BCUT2D eigenvalue weighted by Crippen LogP contribution is -2.25. The van der Waals surface area contributed by atoms with Gasteiger partial charge in [-0.3, -0.25) is 9.59 Å². The first-order valence-corrected chi connectivity index (χ1v) is 6.42. The van der Waals surface area contributed by atoms with Crippen molar-refractivity contribution in [3.63, 3.8) is 0 Å². The quantitative estimate of drug-likeness (QED) is 0.819. The van der Waals surface area contributed by atoms with Gasteiger partial charge in [0.2, 0.25) is 11.8 Å². The van der Waals surface area contributed by atoms with E-state index in [2.05, 4.69) is 17.9 Å². The van der Waals surface area contributed by atoms with Crippen LogP contribution in [0.15, 0.2) is 18.2 Å². The maximum atomic E-state index is 11.8. The molecule has 0 radical (unpaired) electrons. The Balaban J connectivity index is 2.31. The molecule has 1 N–H and O–H groups in total. The third kappa shape index (κ3) is 2.79. The number of nitrogens with one attached hydrogen (secondary N) is 1. The van der Waals surface area contributed by atoms with Gasteiger partial charge in [0.25, 0.3) is 0 Å². The van der Waals surface area contributed by atoms with Gasteiger partial charge in [-0.1, -0.05) is 11.6 Å². The van der Waals surface area contributed by atoms with Gasteiger partial charge in [-0.15, -0.1) is 0 Å². The first-order chi connectivity index (χ1) is 8.47. The topological polar surface area (TPSA) is 49.4 Å². The monoisotopic (exact) mass is 284 g/mol. The summed E-state index contributed by atoms with van der Waals surface area (Å²) in [5, 5.41) is 3.18. The van der Waals surface area contributed by atoms with Gasteiger partial charge in [0.1, 0.15) is 0 Å². The number of halogens is 1. The van der Waals surface area contributed by atoms with E-state index < -0.39 is 0 Å². The molecule has 1 heterocycles. The molecule has 1 aliphatic rings. The van der Waals surface area contributed by atoms with E-state index in [1.165, 1.54) is 6.92 Å². The predicted molar refractivity (Wildman–Crippen MR) is 75.5 cm³/mol. The summed E-state index contributed by atoms with van der Waals surface area (Å²) < 4.78 is 0. The Morgan fingerprint density at radius 1 is 1.56 bits per heavy atom. The van der Waals surface area contributed by atoms with Gasteiger partial charge >= 0.3 is 0 Å². The maximum absolute atomic E-state index is 11.8. The lowest BCUT2D eigenvalue weighted by molar-refractivity contribution is -0.117. The first-order valence-electron chi connectivity index (χ1n) is 5.53. The molecule has 0 aromatic heterocycles. The molecule has 0 bridgehead atoms. The summed E-state index contributed by atoms with van der Waals surface area (Å²) in [5.41, 5.74) is 1.24. The number of rotatable bonds is 2. The van der Waals surface area contributed by atoms with Crippen LogP contribution in [0.5, 0.6) is 0 Å². The molecule has 96 valence electrons. The zero-order chi connectivity index (χ0) is 13.3. The van der Waals surface area contributed by atoms with Crippen molar-refractivity contribution >= 4 is 47.4 Å². The highest BCUT2D eigenvalue weighted by Crippen LogP contribution is 2.32. The number of hydrogen-bond donors (Lipinski definition) is 2. The molecule has 6 heteroatoms. The van der Waals surface area contributed by atoms with Crippen LogP contribution in [0.4, 0.5) is 11.4 Å². The predicted octanol–water partition coefficient (Wildman–Crippen LogP) is 2.33. The second-order valence-corrected chi connectivity index (χ2v) is 5.35. The summed E-state index contributed by atoms with van der Waals surface area (Å²) in [6.45, 7) is 1.96. The molecule has 2 rings (SSSR count). The Kier molecular flexibility index (Phi) is 3.82. The van der Waals surface area contributed by atoms with Crippen LogP contribution in [0.25, 0.3) is 0 Å². The van der Waals surface area contributed by atoms with E-state index >= 15 is 0 Å². The average Bonchev–Trinajstić information content (AvgIpc) is 2.60. The number of carbonyl (C=O) groups is 2. The van der Waals surface area contributed by atoms with Crippen LogP contribution in [-0.4, -0.2) is 23.6 Å². The van der Waals surface area contributed by atoms with E-state index in [9.17, 15) is 9.59 Å². The highest BCUT2D eigenvalue weighted by molar-refractivity contribution is 7.81. The number of anilines is 2. The summed E-state index contributed by atoms with van der Waals surface area (Å²) >= 11 is 10.4. The molecule has 1 saturated heterocycles. The van der Waals surface area contributed by atoms with Crippen molar-refractivity contribution in [3.05, 3.63) is 23.2 Å². The smallest absolute Gasteiger partial charge is 0.228 e. The lowest BCUT2D eigenvalue weighted by Gasteiger charge is -2.18. The van der Waals surface area contributed by atoms with Crippen LogP contribution in [0.3, 0.4) is 0 Å². The van der Waals surface area contributed by atoms with Gasteiger partial charge < -0.3 is 10.2 Å². The van der Waals surface area contributed by atoms with Crippen LogP contribution < -0.4 is 10.2 Å². The van der Waals surface area contributed by atoms with E-state index in [1.54, 1.807) is 23.1 Å². The zero-order valence-electron chi connectivity index (χ0n) is 9.81. The largest absolute Gasteiger partial charge is 0.326 e. The van der Waals surface area contributed by atoms with Crippen molar-refractivity contribution in [2.75, 3.05) is 16.8 Å². The van der Waals surface area contributed by atoms with Gasteiger partial charge in [-0.2, -0.15) is 12.6 Å². The fourth-order valence-electron chi connectivity index (χ4n) is 1.92. The molecule has 1 unspecified atom stereocenters. The Morgan fingerprint density at radius 3 is 2.83 bits per heavy atom. The molecule has 0 spiro atoms. The summed E-state index contributed by atoms with van der Waals surface area (Å²) in [7, 11) is 0. The van der Waals surface area contributed by atoms with Gasteiger partial charge in [0.15, 0.2) is 0 Å². The number of carbonyl (C=O) groups excluding carboxylic acids is 2. The summed E-state index contributed by atoms with van der Waals surface area (Å²) in [4.78, 5) is 24.4. The number of hydrogen-bond acceptors (Lipinski definition) is 3. The van der Waals surface area contributed by atoms with Crippen molar-refractivity contribution in [3.8, 4) is 0 Å². The Bertz CT molecular complexity index is 507. The van der Waals surface area contributed by atoms with Crippen molar-refractivity contribution in [1.29, 1.82) is 0 Å². The highest BCUT2D eigenvalue weighted by Gasteiger charge is 2.29. The molecule has 4 nitrogen and oxygen atoms in total. The molecule has 1 fully saturated rings. The third-order valence-electron chi connectivity index (χ3n) is 2.66. The molecular weight excluding hydrogens is 272 g/mol. The van der Waals surface area contributed by atoms with E-state index in [0.717, 1.165) is 0 Å². The van der Waals surface area contributed by atoms with Gasteiger partial charge in [0, 0.05) is 30.8 Å². The fourth-order valence-corrected chi connectivity index (χ4v) is 2.46. The fraction of sp³-hybridized carbons (Fsp3) is 0.333. The first kappa shape index (κ1) is 13.2. The third-order valence-corrected chi connectivity index (χ3v) is 3.33. The minimum atomic E-state index is -0.164. The van der Waals surface area contributed by atoms with Crippen LogP contribution >= 0.6 is 24.2 Å². The zero-order valence-corrected chi connectivity index (χ0v) is 11.5. The van der Waals surface area contributed by atoms with Gasteiger partial charge in [-0.25, -0.2) is 0 Å². The minimum Gasteiger partial charge on any atom is -0.326 e. The van der Waals surface area contributed by atoms with E-state index in [0.29, 0.717) is 29.4 Å². The normalized spacial score (nSPS) is 19.2. The van der Waals surface area contributed by atoms with E-state index in [1.807, 2.05) is 0 Å². The second-order valence-electron chi connectivity index (χ2n) is 4.21. The molecule has 1 aliphatic heterocycles. The van der Waals surface area contributed by atoms with Crippen LogP contribution in [0.1, 0.15) is 13.3 Å². The molecule has 1 aromatic rings. The van der Waals surface area contributed by atoms with Gasteiger partial charge in [-0.05, 0) is 18.2 Å². The van der Waals surface area contributed by atoms with Crippen LogP contribution in [0, 0.1) is 0 Å². The second kappa shape index (κ2) is 5.20. The Labute approximate surface area is 116 Å².